The molecule has 0 aromatic heterocycles. The number of rotatable bonds is 6. The molecule has 14 heavy (non-hydrogen) atoms. The summed E-state index contributed by atoms with van der Waals surface area (Å²) in [5.74, 6) is -0.979. The summed E-state index contributed by atoms with van der Waals surface area (Å²) in [6.07, 6.45) is 0.503. The van der Waals surface area contributed by atoms with Crippen LogP contribution < -0.4 is 11.1 Å². The lowest BCUT2D eigenvalue weighted by Crippen LogP contribution is -2.44. The number of amides is 1. The highest BCUT2D eigenvalue weighted by Crippen LogP contribution is 1.97. The molecule has 4 N–H and O–H groups in total. The molecule has 5 heteroatoms. The van der Waals surface area contributed by atoms with E-state index in [0.29, 0.717) is 13.0 Å². The van der Waals surface area contributed by atoms with Gasteiger partial charge in [-0.2, -0.15) is 0 Å². The maximum absolute atomic E-state index is 11.2. The summed E-state index contributed by atoms with van der Waals surface area (Å²) < 4.78 is 0. The maximum Gasteiger partial charge on any atom is 0.303 e. The van der Waals surface area contributed by atoms with Crippen LogP contribution in [0.3, 0.4) is 0 Å². The number of carbonyl (C=O) groups excluding carboxylic acids is 1. The van der Waals surface area contributed by atoms with E-state index in [4.69, 9.17) is 10.8 Å². The van der Waals surface area contributed by atoms with Gasteiger partial charge in [0.2, 0.25) is 5.91 Å². The molecule has 0 aromatic rings. The Kier molecular flexibility index (Phi) is 5.87. The zero-order chi connectivity index (χ0) is 11.1. The van der Waals surface area contributed by atoms with E-state index in [1.165, 1.54) is 0 Å². The highest BCUT2D eigenvalue weighted by Gasteiger charge is 2.16. The molecule has 1 amide bonds. The van der Waals surface area contributed by atoms with Crippen molar-refractivity contribution in [3.8, 4) is 0 Å². The van der Waals surface area contributed by atoms with Crippen LogP contribution in [0, 0.1) is 5.92 Å². The van der Waals surface area contributed by atoms with Gasteiger partial charge in [-0.1, -0.05) is 13.8 Å². The monoisotopic (exact) mass is 202 g/mol. The van der Waals surface area contributed by atoms with E-state index < -0.39 is 12.0 Å². The van der Waals surface area contributed by atoms with Gasteiger partial charge in [-0.15, -0.1) is 0 Å². The number of aliphatic carboxylic acids is 1. The molecule has 0 aliphatic rings. The van der Waals surface area contributed by atoms with Crippen LogP contribution >= 0.6 is 0 Å². The second-order valence-electron chi connectivity index (χ2n) is 3.56. The first-order valence-corrected chi connectivity index (χ1v) is 4.70. The normalized spacial score (nSPS) is 12.6. The Labute approximate surface area is 83.7 Å². The van der Waals surface area contributed by atoms with Gasteiger partial charge in [0.1, 0.15) is 0 Å². The average molecular weight is 202 g/mol. The van der Waals surface area contributed by atoms with E-state index in [-0.39, 0.29) is 18.2 Å². The molecule has 0 heterocycles. The van der Waals surface area contributed by atoms with Crippen molar-refractivity contribution in [3.63, 3.8) is 0 Å². The third-order valence-electron chi connectivity index (χ3n) is 1.89. The highest BCUT2D eigenvalue weighted by atomic mass is 16.4. The highest BCUT2D eigenvalue weighted by molar-refractivity contribution is 5.81. The van der Waals surface area contributed by atoms with E-state index in [1.54, 1.807) is 0 Å². The van der Waals surface area contributed by atoms with Crippen LogP contribution in [0.4, 0.5) is 0 Å². The lowest BCUT2D eigenvalue weighted by molar-refractivity contribution is -0.137. The number of nitrogens with two attached hydrogens (primary N) is 1. The molecular weight excluding hydrogens is 184 g/mol. The first kappa shape index (κ1) is 12.9. The molecule has 0 saturated carbocycles. The van der Waals surface area contributed by atoms with Crippen molar-refractivity contribution in [1.82, 2.24) is 5.32 Å². The molecule has 0 rings (SSSR count). The molecule has 0 radical (unpaired) electrons. The van der Waals surface area contributed by atoms with Gasteiger partial charge in [0.25, 0.3) is 0 Å². The second-order valence-corrected chi connectivity index (χ2v) is 3.56. The number of hydrogen-bond donors (Lipinski definition) is 3. The Balaban J connectivity index is 3.59. The van der Waals surface area contributed by atoms with E-state index in [2.05, 4.69) is 5.32 Å². The fourth-order valence-corrected chi connectivity index (χ4v) is 0.872. The predicted molar refractivity (Wildman–Crippen MR) is 52.7 cm³/mol. The van der Waals surface area contributed by atoms with Crippen molar-refractivity contribution in [2.45, 2.75) is 32.7 Å². The van der Waals surface area contributed by atoms with E-state index in [9.17, 15) is 9.59 Å². The molecule has 0 unspecified atom stereocenters. The summed E-state index contributed by atoms with van der Waals surface area (Å²) in [5, 5.41) is 10.9. The van der Waals surface area contributed by atoms with Gasteiger partial charge >= 0.3 is 5.97 Å². The average Bonchev–Trinajstić information content (AvgIpc) is 2.10. The Bertz CT molecular complexity index is 204. The molecule has 1 atom stereocenters. The van der Waals surface area contributed by atoms with Crippen molar-refractivity contribution in [1.29, 1.82) is 0 Å². The topological polar surface area (TPSA) is 92.4 Å². The van der Waals surface area contributed by atoms with Gasteiger partial charge in [-0.05, 0) is 12.3 Å². The smallest absolute Gasteiger partial charge is 0.303 e. The number of carbonyl (C=O) groups is 2. The van der Waals surface area contributed by atoms with Crippen molar-refractivity contribution >= 4 is 11.9 Å². The third kappa shape index (κ3) is 5.53. The lowest BCUT2D eigenvalue weighted by Gasteiger charge is -2.14. The van der Waals surface area contributed by atoms with Crippen molar-refractivity contribution in [2.24, 2.45) is 11.7 Å². The maximum atomic E-state index is 11.2. The molecule has 0 saturated heterocycles. The fourth-order valence-electron chi connectivity index (χ4n) is 0.872. The molecule has 0 fully saturated rings. The fraction of sp³-hybridized carbons (Fsp3) is 0.778. The summed E-state index contributed by atoms with van der Waals surface area (Å²) in [4.78, 5) is 21.4. The predicted octanol–water partition coefficient (Wildman–Crippen LogP) is -0.0493. The number of carboxylic acids is 1. The van der Waals surface area contributed by atoms with Crippen LogP contribution in [0.15, 0.2) is 0 Å². The van der Waals surface area contributed by atoms with Crippen LogP contribution in [0.5, 0.6) is 0 Å². The minimum atomic E-state index is -0.854. The van der Waals surface area contributed by atoms with Crippen molar-refractivity contribution in [3.05, 3.63) is 0 Å². The number of nitrogens with one attached hydrogen (secondary N) is 1. The SMILES string of the molecule is CC(C)[C@H](N)C(=O)NCCCC(=O)O. The summed E-state index contributed by atoms with van der Waals surface area (Å²) in [5.41, 5.74) is 5.57. The molecule has 0 aromatic carbocycles. The largest absolute Gasteiger partial charge is 0.481 e. The molecule has 82 valence electrons. The Morgan fingerprint density at radius 1 is 1.43 bits per heavy atom. The van der Waals surface area contributed by atoms with E-state index in [0.717, 1.165) is 0 Å². The van der Waals surface area contributed by atoms with Crippen LogP contribution in [0.25, 0.3) is 0 Å². The zero-order valence-electron chi connectivity index (χ0n) is 8.62. The van der Waals surface area contributed by atoms with Crippen LogP contribution in [0.1, 0.15) is 26.7 Å². The van der Waals surface area contributed by atoms with Crippen LogP contribution in [-0.2, 0) is 9.59 Å². The summed E-state index contributed by atoms with van der Waals surface area (Å²) in [7, 11) is 0. The summed E-state index contributed by atoms with van der Waals surface area (Å²) in [6.45, 7) is 4.09. The Morgan fingerprint density at radius 3 is 2.43 bits per heavy atom. The molecule has 0 aliphatic heterocycles. The number of carboxylic acid groups (broad SMARTS) is 1. The van der Waals surface area contributed by atoms with Crippen LogP contribution in [0.2, 0.25) is 0 Å². The van der Waals surface area contributed by atoms with Crippen LogP contribution in [-0.4, -0.2) is 29.6 Å². The second kappa shape index (κ2) is 6.37. The minimum absolute atomic E-state index is 0.0667. The Morgan fingerprint density at radius 2 is 2.00 bits per heavy atom. The third-order valence-corrected chi connectivity index (χ3v) is 1.89. The summed E-state index contributed by atoms with van der Waals surface area (Å²) in [6, 6.07) is -0.514. The molecule has 0 bridgehead atoms. The van der Waals surface area contributed by atoms with Crippen molar-refractivity contribution < 1.29 is 14.7 Å². The van der Waals surface area contributed by atoms with Gasteiger partial charge < -0.3 is 16.2 Å². The van der Waals surface area contributed by atoms with Gasteiger partial charge in [-0.3, -0.25) is 9.59 Å². The van der Waals surface area contributed by atoms with E-state index in [1.807, 2.05) is 13.8 Å². The number of hydrogen-bond acceptors (Lipinski definition) is 3. The first-order chi connectivity index (χ1) is 6.45. The van der Waals surface area contributed by atoms with Gasteiger partial charge in [0.15, 0.2) is 0 Å². The first-order valence-electron chi connectivity index (χ1n) is 4.70. The molecular formula is C9H18N2O3. The minimum Gasteiger partial charge on any atom is -0.481 e. The lowest BCUT2D eigenvalue weighted by atomic mass is 10.1. The summed E-state index contributed by atoms with van der Waals surface area (Å²) >= 11 is 0. The molecule has 5 nitrogen and oxygen atoms in total. The van der Waals surface area contributed by atoms with Gasteiger partial charge in [0.05, 0.1) is 6.04 Å². The molecule has 0 spiro atoms. The van der Waals surface area contributed by atoms with E-state index >= 15 is 0 Å². The van der Waals surface area contributed by atoms with Gasteiger partial charge in [0, 0.05) is 13.0 Å². The van der Waals surface area contributed by atoms with Crippen molar-refractivity contribution in [2.75, 3.05) is 6.54 Å². The Hall–Kier alpha value is -1.10. The quantitative estimate of drug-likeness (QED) is 0.526. The molecule has 0 aliphatic carbocycles. The zero-order valence-corrected chi connectivity index (χ0v) is 8.62. The standard InChI is InChI=1S/C9H18N2O3/c1-6(2)8(10)9(14)11-5-3-4-7(12)13/h6,8H,3-5,10H2,1-2H3,(H,11,14)(H,12,13)/t8-/m0/s1. The van der Waals surface area contributed by atoms with Gasteiger partial charge in [-0.25, -0.2) is 0 Å².